The molecule has 5 heteroatoms. The van der Waals surface area contributed by atoms with Crippen LogP contribution in [0, 0.1) is 0 Å². The van der Waals surface area contributed by atoms with Crippen molar-refractivity contribution in [1.29, 1.82) is 0 Å². The number of phenols is 1. The third-order valence-corrected chi connectivity index (χ3v) is 2.64. The van der Waals surface area contributed by atoms with Gasteiger partial charge in [0.05, 0.1) is 7.11 Å². The van der Waals surface area contributed by atoms with Crippen molar-refractivity contribution in [3.63, 3.8) is 0 Å². The molecule has 102 valence electrons. The second-order valence-electron chi connectivity index (χ2n) is 3.89. The third-order valence-electron chi connectivity index (χ3n) is 2.64. The van der Waals surface area contributed by atoms with Gasteiger partial charge in [-0.3, -0.25) is 0 Å². The lowest BCUT2D eigenvalue weighted by Gasteiger charge is -2.07. The van der Waals surface area contributed by atoms with Gasteiger partial charge in [0.1, 0.15) is 22.6 Å². The molecule has 0 amide bonds. The van der Waals surface area contributed by atoms with Crippen molar-refractivity contribution in [2.24, 2.45) is 0 Å². The number of carbonyl (C=O) groups is 2. The molecular weight excluding hydrogens is 260 g/mol. The van der Waals surface area contributed by atoms with Crippen LogP contribution in [0.1, 0.15) is 20.7 Å². The van der Waals surface area contributed by atoms with Crippen LogP contribution in [0.4, 0.5) is 0 Å². The minimum atomic E-state index is -0.918. The maximum atomic E-state index is 11.9. The van der Waals surface area contributed by atoms with Gasteiger partial charge < -0.3 is 14.6 Å². The Labute approximate surface area is 115 Å². The molecule has 0 heterocycles. The van der Waals surface area contributed by atoms with E-state index in [1.54, 1.807) is 30.3 Å². The van der Waals surface area contributed by atoms with E-state index in [0.717, 1.165) is 0 Å². The van der Waals surface area contributed by atoms with Gasteiger partial charge in [0.25, 0.3) is 0 Å². The summed E-state index contributed by atoms with van der Waals surface area (Å²) in [5.41, 5.74) is 0.0644. The van der Waals surface area contributed by atoms with Crippen LogP contribution in [0.5, 0.6) is 11.5 Å². The molecule has 0 radical (unpaired) electrons. The average Bonchev–Trinajstić information content (AvgIpc) is 2.47. The fraction of sp³-hybridized carbons (Fsp3) is 0.0667. The number of methoxy groups -OCH3 is 1. The highest BCUT2D eigenvalue weighted by Crippen LogP contribution is 2.21. The topological polar surface area (TPSA) is 72.8 Å². The molecule has 0 saturated heterocycles. The first-order valence-corrected chi connectivity index (χ1v) is 5.81. The lowest BCUT2D eigenvalue weighted by Crippen LogP contribution is -2.13. The van der Waals surface area contributed by atoms with Crippen LogP contribution in [0.25, 0.3) is 0 Å². The number of esters is 2. The quantitative estimate of drug-likeness (QED) is 0.686. The zero-order chi connectivity index (χ0) is 14.5. The van der Waals surface area contributed by atoms with Crippen LogP contribution in [0.2, 0.25) is 0 Å². The zero-order valence-electron chi connectivity index (χ0n) is 10.7. The van der Waals surface area contributed by atoms with E-state index in [9.17, 15) is 14.7 Å². The van der Waals surface area contributed by atoms with Gasteiger partial charge in [0, 0.05) is 0 Å². The Kier molecular flexibility index (Phi) is 4.00. The van der Waals surface area contributed by atoms with E-state index in [4.69, 9.17) is 9.47 Å². The van der Waals surface area contributed by atoms with Crippen LogP contribution in [0.3, 0.4) is 0 Å². The standard InChI is InChI=1S/C15H12O5/c1-19-13-9-5-3-7-11(13)15(18)20-14(17)10-6-2-4-8-12(10)16/h2-9,16H,1H3. The van der Waals surface area contributed by atoms with Gasteiger partial charge in [-0.2, -0.15) is 0 Å². The molecule has 5 nitrogen and oxygen atoms in total. The van der Waals surface area contributed by atoms with Gasteiger partial charge in [0.2, 0.25) is 0 Å². The second kappa shape index (κ2) is 5.88. The Morgan fingerprint density at radius 3 is 2.10 bits per heavy atom. The van der Waals surface area contributed by atoms with Gasteiger partial charge in [0.15, 0.2) is 0 Å². The van der Waals surface area contributed by atoms with Crippen molar-refractivity contribution >= 4 is 11.9 Å². The normalized spacial score (nSPS) is 9.85. The SMILES string of the molecule is COc1ccccc1C(=O)OC(=O)c1ccccc1O. The van der Waals surface area contributed by atoms with Crippen molar-refractivity contribution in [1.82, 2.24) is 0 Å². The van der Waals surface area contributed by atoms with Crippen LogP contribution in [-0.2, 0) is 4.74 Å². The number of rotatable bonds is 3. The van der Waals surface area contributed by atoms with Crippen LogP contribution < -0.4 is 4.74 Å². The number of benzene rings is 2. The summed E-state index contributed by atoms with van der Waals surface area (Å²) in [5, 5.41) is 9.53. The predicted octanol–water partition coefficient (Wildman–Crippen LogP) is 2.40. The van der Waals surface area contributed by atoms with Gasteiger partial charge in [-0.1, -0.05) is 24.3 Å². The Hall–Kier alpha value is -2.82. The minimum Gasteiger partial charge on any atom is -0.507 e. The maximum Gasteiger partial charge on any atom is 0.349 e. The van der Waals surface area contributed by atoms with Gasteiger partial charge in [-0.15, -0.1) is 0 Å². The van der Waals surface area contributed by atoms with E-state index in [1.165, 1.54) is 25.3 Å². The fourth-order valence-electron chi connectivity index (χ4n) is 1.65. The molecule has 20 heavy (non-hydrogen) atoms. The highest BCUT2D eigenvalue weighted by molar-refractivity contribution is 6.04. The molecule has 0 aromatic heterocycles. The molecular formula is C15H12O5. The van der Waals surface area contributed by atoms with Crippen LogP contribution in [0.15, 0.2) is 48.5 Å². The van der Waals surface area contributed by atoms with E-state index in [2.05, 4.69) is 0 Å². The Morgan fingerprint density at radius 2 is 1.45 bits per heavy atom. The lowest BCUT2D eigenvalue weighted by atomic mass is 10.2. The highest BCUT2D eigenvalue weighted by Gasteiger charge is 2.20. The molecule has 0 saturated carbocycles. The van der Waals surface area contributed by atoms with Crippen molar-refractivity contribution in [2.75, 3.05) is 7.11 Å². The van der Waals surface area contributed by atoms with Gasteiger partial charge >= 0.3 is 11.9 Å². The summed E-state index contributed by atoms with van der Waals surface area (Å²) in [6, 6.07) is 12.2. The molecule has 0 unspecified atom stereocenters. The molecule has 2 rings (SSSR count). The second-order valence-corrected chi connectivity index (χ2v) is 3.89. The Bertz CT molecular complexity index is 648. The summed E-state index contributed by atoms with van der Waals surface area (Å²) in [4.78, 5) is 23.7. The molecule has 2 aromatic carbocycles. The van der Waals surface area contributed by atoms with Crippen molar-refractivity contribution in [2.45, 2.75) is 0 Å². The highest BCUT2D eigenvalue weighted by atomic mass is 16.6. The molecule has 0 fully saturated rings. The van der Waals surface area contributed by atoms with Crippen molar-refractivity contribution < 1.29 is 24.2 Å². The Balaban J connectivity index is 2.20. The van der Waals surface area contributed by atoms with Crippen molar-refractivity contribution in [3.05, 3.63) is 59.7 Å². The summed E-state index contributed by atoms with van der Waals surface area (Å²) in [5.74, 6) is -1.69. The first-order chi connectivity index (χ1) is 9.63. The average molecular weight is 272 g/mol. The first-order valence-electron chi connectivity index (χ1n) is 5.81. The van der Waals surface area contributed by atoms with Crippen molar-refractivity contribution in [3.8, 4) is 11.5 Å². The number of phenolic OH excluding ortho intramolecular Hbond substituents is 1. The predicted molar refractivity (Wildman–Crippen MR) is 70.8 cm³/mol. The first kappa shape index (κ1) is 13.6. The van der Waals surface area contributed by atoms with E-state index < -0.39 is 11.9 Å². The largest absolute Gasteiger partial charge is 0.507 e. The van der Waals surface area contributed by atoms with E-state index in [0.29, 0.717) is 5.75 Å². The zero-order valence-corrected chi connectivity index (χ0v) is 10.7. The fourth-order valence-corrected chi connectivity index (χ4v) is 1.65. The van der Waals surface area contributed by atoms with E-state index >= 15 is 0 Å². The third kappa shape index (κ3) is 2.77. The number of hydrogen-bond acceptors (Lipinski definition) is 5. The van der Waals surface area contributed by atoms with E-state index in [-0.39, 0.29) is 16.9 Å². The number of para-hydroxylation sites is 2. The molecule has 0 spiro atoms. The molecule has 1 N–H and O–H groups in total. The molecule has 0 bridgehead atoms. The summed E-state index contributed by atoms with van der Waals surface area (Å²) in [7, 11) is 1.41. The Morgan fingerprint density at radius 1 is 0.900 bits per heavy atom. The van der Waals surface area contributed by atoms with E-state index in [1.807, 2.05) is 0 Å². The van der Waals surface area contributed by atoms with Crippen LogP contribution >= 0.6 is 0 Å². The lowest BCUT2D eigenvalue weighted by molar-refractivity contribution is 0.0394. The molecule has 0 aliphatic rings. The van der Waals surface area contributed by atoms with Crippen LogP contribution in [-0.4, -0.2) is 24.2 Å². The van der Waals surface area contributed by atoms with Gasteiger partial charge in [-0.05, 0) is 24.3 Å². The maximum absolute atomic E-state index is 11.9. The minimum absolute atomic E-state index is 0.0734. The summed E-state index contributed by atoms with van der Waals surface area (Å²) in [6.07, 6.45) is 0. The summed E-state index contributed by atoms with van der Waals surface area (Å²) >= 11 is 0. The number of aromatic hydroxyl groups is 1. The molecule has 0 atom stereocenters. The molecule has 0 aliphatic heterocycles. The number of hydrogen-bond donors (Lipinski definition) is 1. The molecule has 2 aromatic rings. The number of carbonyl (C=O) groups excluding carboxylic acids is 2. The molecule has 0 aliphatic carbocycles. The number of ether oxygens (including phenoxy) is 2. The summed E-state index contributed by atoms with van der Waals surface area (Å²) in [6.45, 7) is 0. The monoisotopic (exact) mass is 272 g/mol. The smallest absolute Gasteiger partial charge is 0.349 e. The summed E-state index contributed by atoms with van der Waals surface area (Å²) < 4.78 is 9.74. The van der Waals surface area contributed by atoms with Gasteiger partial charge in [-0.25, -0.2) is 9.59 Å².